The molecule has 1 aliphatic rings. The van der Waals surface area contributed by atoms with Crippen LogP contribution in [-0.2, 0) is 11.4 Å². The summed E-state index contributed by atoms with van der Waals surface area (Å²) in [7, 11) is 0. The van der Waals surface area contributed by atoms with Crippen LogP contribution in [0.1, 0.15) is 36.6 Å². The molecule has 0 saturated heterocycles. The Morgan fingerprint density at radius 2 is 1.52 bits per heavy atom. The van der Waals surface area contributed by atoms with Crippen LogP contribution in [0.25, 0.3) is 0 Å². The topological polar surface area (TPSA) is 128 Å². The minimum atomic E-state index is -0.817. The molecule has 0 atom stereocenters. The van der Waals surface area contributed by atoms with E-state index in [1.165, 1.54) is 24.3 Å². The van der Waals surface area contributed by atoms with Gasteiger partial charge in [0.1, 0.15) is 0 Å². The number of hydrogen-bond donors (Lipinski definition) is 2. The van der Waals surface area contributed by atoms with Gasteiger partial charge < -0.3 is 16.3 Å². The van der Waals surface area contributed by atoms with Crippen molar-refractivity contribution >= 4 is 23.7 Å². The first-order chi connectivity index (χ1) is 12.0. The lowest BCUT2D eigenvalue weighted by molar-refractivity contribution is -0.0584. The molecule has 126 valence electrons. The second kappa shape index (κ2) is 6.44. The van der Waals surface area contributed by atoms with Crippen molar-refractivity contribution in [3.8, 4) is 0 Å². The number of fused-ring (bicyclic) bond motifs is 1. The number of benzene rings is 2. The highest BCUT2D eigenvalue weighted by atomic mass is 16.7. The molecule has 25 heavy (non-hydrogen) atoms. The number of rotatable bonds is 4. The summed E-state index contributed by atoms with van der Waals surface area (Å²) in [5, 5.41) is 0.473. The molecule has 0 bridgehead atoms. The van der Waals surface area contributed by atoms with Crippen molar-refractivity contribution in [2.24, 2.45) is 16.5 Å². The second-order valence-electron chi connectivity index (χ2n) is 5.27. The molecule has 4 N–H and O–H groups in total. The zero-order chi connectivity index (χ0) is 18.0. The summed E-state index contributed by atoms with van der Waals surface area (Å²) in [5.74, 6) is -2.19. The monoisotopic (exact) mass is 338 g/mol. The maximum atomic E-state index is 12.2. The number of hydroxylamine groups is 2. The van der Waals surface area contributed by atoms with E-state index in [-0.39, 0.29) is 29.2 Å². The standard InChI is InChI=1S/C17H14N4O4/c18-17(19)20-9-10-5-7-11(8-6-10)16(24)25-21-14(22)12-3-1-2-4-13(12)15(21)23/h1-8H,9H2,(H4,18,19,20). The van der Waals surface area contributed by atoms with Crippen LogP contribution in [0.15, 0.2) is 53.5 Å². The van der Waals surface area contributed by atoms with E-state index in [9.17, 15) is 14.4 Å². The SMILES string of the molecule is NC(N)=NCc1ccc(C(=O)ON2C(=O)c3ccccc3C2=O)cc1. The molecule has 0 aliphatic carbocycles. The van der Waals surface area contributed by atoms with Crippen LogP contribution in [0.4, 0.5) is 0 Å². The highest BCUT2D eigenvalue weighted by molar-refractivity contribution is 6.21. The molecule has 0 spiro atoms. The molecule has 8 heteroatoms. The first kappa shape index (κ1) is 16.2. The summed E-state index contributed by atoms with van der Waals surface area (Å²) >= 11 is 0. The minimum Gasteiger partial charge on any atom is -0.370 e. The van der Waals surface area contributed by atoms with Gasteiger partial charge >= 0.3 is 5.97 Å². The molecule has 0 fully saturated rings. The number of aliphatic imine (C=N–C) groups is 1. The molecule has 1 aliphatic heterocycles. The molecule has 0 aromatic heterocycles. The Labute approximate surface area is 142 Å². The highest BCUT2D eigenvalue weighted by Gasteiger charge is 2.38. The van der Waals surface area contributed by atoms with E-state index in [0.717, 1.165) is 5.56 Å². The predicted octanol–water partition coefficient (Wildman–Crippen LogP) is 0.828. The van der Waals surface area contributed by atoms with Gasteiger partial charge in [-0.2, -0.15) is 0 Å². The third-order valence-corrected chi connectivity index (χ3v) is 3.56. The van der Waals surface area contributed by atoms with Gasteiger partial charge in [-0.15, -0.1) is 0 Å². The Morgan fingerprint density at radius 1 is 0.960 bits per heavy atom. The molecular weight excluding hydrogens is 324 g/mol. The van der Waals surface area contributed by atoms with Crippen molar-refractivity contribution in [3.63, 3.8) is 0 Å². The first-order valence-electron chi connectivity index (χ1n) is 7.32. The number of carbonyl (C=O) groups is 3. The van der Waals surface area contributed by atoms with E-state index in [0.29, 0.717) is 5.06 Å². The molecule has 8 nitrogen and oxygen atoms in total. The van der Waals surface area contributed by atoms with Gasteiger partial charge in [-0.05, 0) is 29.8 Å². The molecule has 0 saturated carbocycles. The number of nitrogens with zero attached hydrogens (tertiary/aromatic N) is 2. The zero-order valence-corrected chi connectivity index (χ0v) is 13.0. The maximum Gasteiger partial charge on any atom is 0.363 e. The summed E-state index contributed by atoms with van der Waals surface area (Å²) < 4.78 is 0. The molecular formula is C17H14N4O4. The van der Waals surface area contributed by atoms with Gasteiger partial charge in [-0.1, -0.05) is 29.3 Å². The van der Waals surface area contributed by atoms with Gasteiger partial charge in [0, 0.05) is 0 Å². The first-order valence-corrected chi connectivity index (χ1v) is 7.32. The van der Waals surface area contributed by atoms with Gasteiger partial charge in [0.05, 0.1) is 23.2 Å². The van der Waals surface area contributed by atoms with Gasteiger partial charge in [-0.25, -0.2) is 9.79 Å². The summed E-state index contributed by atoms with van der Waals surface area (Å²) in [6, 6.07) is 12.5. The quantitative estimate of drug-likeness (QED) is 0.483. The number of carbonyl (C=O) groups excluding carboxylic acids is 3. The van der Waals surface area contributed by atoms with Crippen molar-refractivity contribution in [2.75, 3.05) is 0 Å². The Balaban J connectivity index is 1.72. The maximum absolute atomic E-state index is 12.2. The van der Waals surface area contributed by atoms with E-state index in [1.807, 2.05) is 0 Å². The Kier molecular flexibility index (Phi) is 4.17. The van der Waals surface area contributed by atoms with Gasteiger partial charge in [0.2, 0.25) is 0 Å². The van der Waals surface area contributed by atoms with Crippen LogP contribution >= 0.6 is 0 Å². The molecule has 3 rings (SSSR count). The summed E-state index contributed by atoms with van der Waals surface area (Å²) in [4.78, 5) is 45.3. The van der Waals surface area contributed by atoms with Crippen LogP contribution in [0.5, 0.6) is 0 Å². The van der Waals surface area contributed by atoms with Gasteiger partial charge in [-0.3, -0.25) is 9.59 Å². The normalized spacial score (nSPS) is 12.7. The fourth-order valence-electron chi connectivity index (χ4n) is 2.31. The van der Waals surface area contributed by atoms with E-state index >= 15 is 0 Å². The number of hydrogen-bond acceptors (Lipinski definition) is 5. The van der Waals surface area contributed by atoms with Crippen molar-refractivity contribution in [1.82, 2.24) is 5.06 Å². The summed E-state index contributed by atoms with van der Waals surface area (Å²) in [6.07, 6.45) is 0. The molecule has 1 heterocycles. The zero-order valence-electron chi connectivity index (χ0n) is 13.0. The summed E-state index contributed by atoms with van der Waals surface area (Å²) in [5.41, 5.74) is 11.9. The Morgan fingerprint density at radius 3 is 2.04 bits per heavy atom. The fraction of sp³-hybridized carbons (Fsp3) is 0.0588. The number of amides is 2. The number of guanidine groups is 1. The molecule has 0 radical (unpaired) electrons. The van der Waals surface area contributed by atoms with Crippen LogP contribution in [0, 0.1) is 0 Å². The van der Waals surface area contributed by atoms with Crippen LogP contribution in [0.3, 0.4) is 0 Å². The average Bonchev–Trinajstić information content (AvgIpc) is 2.85. The summed E-state index contributed by atoms with van der Waals surface area (Å²) in [6.45, 7) is 0.274. The Bertz CT molecular complexity index is 851. The third-order valence-electron chi connectivity index (χ3n) is 3.56. The lowest BCUT2D eigenvalue weighted by atomic mass is 10.1. The van der Waals surface area contributed by atoms with Crippen LogP contribution in [0.2, 0.25) is 0 Å². The van der Waals surface area contributed by atoms with Crippen LogP contribution in [-0.4, -0.2) is 28.8 Å². The van der Waals surface area contributed by atoms with Crippen molar-refractivity contribution in [2.45, 2.75) is 6.54 Å². The van der Waals surface area contributed by atoms with E-state index in [1.54, 1.807) is 24.3 Å². The average molecular weight is 338 g/mol. The lowest BCUT2D eigenvalue weighted by Crippen LogP contribution is -2.32. The van der Waals surface area contributed by atoms with E-state index in [4.69, 9.17) is 16.3 Å². The van der Waals surface area contributed by atoms with Crippen molar-refractivity contribution < 1.29 is 19.2 Å². The Hall–Kier alpha value is -3.68. The number of imide groups is 1. The smallest absolute Gasteiger partial charge is 0.363 e. The third kappa shape index (κ3) is 3.18. The second-order valence-corrected chi connectivity index (χ2v) is 5.27. The molecule has 2 amide bonds. The minimum absolute atomic E-state index is 0.0332. The number of nitrogens with two attached hydrogens (primary N) is 2. The van der Waals surface area contributed by atoms with Gasteiger partial charge in [0.15, 0.2) is 5.96 Å². The molecule has 0 unspecified atom stereocenters. The predicted molar refractivity (Wildman–Crippen MR) is 88.3 cm³/mol. The van der Waals surface area contributed by atoms with Crippen molar-refractivity contribution in [1.29, 1.82) is 0 Å². The van der Waals surface area contributed by atoms with E-state index in [2.05, 4.69) is 4.99 Å². The van der Waals surface area contributed by atoms with Gasteiger partial charge in [0.25, 0.3) is 11.8 Å². The molecule has 2 aromatic rings. The highest BCUT2D eigenvalue weighted by Crippen LogP contribution is 2.23. The lowest BCUT2D eigenvalue weighted by Gasteiger charge is -2.12. The largest absolute Gasteiger partial charge is 0.370 e. The van der Waals surface area contributed by atoms with Crippen molar-refractivity contribution in [3.05, 3.63) is 70.8 Å². The molecule has 2 aromatic carbocycles. The van der Waals surface area contributed by atoms with Crippen LogP contribution < -0.4 is 11.5 Å². The fourth-order valence-corrected chi connectivity index (χ4v) is 2.31. The van der Waals surface area contributed by atoms with E-state index < -0.39 is 17.8 Å².